The minimum atomic E-state index is -0.0472. The molecule has 0 bridgehead atoms. The molecule has 1 aromatic carbocycles. The van der Waals surface area contributed by atoms with Crippen LogP contribution in [0.3, 0.4) is 0 Å². The fraction of sp³-hybridized carbons (Fsp3) is 0.267. The number of carbonyl (C=O) groups is 1. The summed E-state index contributed by atoms with van der Waals surface area (Å²) in [6.45, 7) is 0.623. The van der Waals surface area contributed by atoms with Gasteiger partial charge in [0.25, 0.3) is 5.91 Å². The van der Waals surface area contributed by atoms with E-state index in [0.29, 0.717) is 18.2 Å². The zero-order valence-corrected chi connectivity index (χ0v) is 11.8. The van der Waals surface area contributed by atoms with Gasteiger partial charge in [-0.1, -0.05) is 0 Å². The van der Waals surface area contributed by atoms with Gasteiger partial charge in [-0.2, -0.15) is 11.3 Å². The molecule has 3 rings (SSSR count). The average molecular weight is 288 g/mol. The molecule has 1 saturated carbocycles. The molecule has 1 aliphatic carbocycles. The molecule has 0 unspecified atom stereocenters. The van der Waals surface area contributed by atoms with Crippen LogP contribution in [0.2, 0.25) is 0 Å². The van der Waals surface area contributed by atoms with Gasteiger partial charge in [0, 0.05) is 18.2 Å². The van der Waals surface area contributed by atoms with E-state index in [-0.39, 0.29) is 17.3 Å². The molecule has 0 spiro atoms. The Balaban J connectivity index is 1.83. The van der Waals surface area contributed by atoms with Gasteiger partial charge in [0.2, 0.25) is 0 Å². The number of aromatic hydroxyl groups is 1. The molecule has 5 heteroatoms. The maximum absolute atomic E-state index is 12.6. The van der Waals surface area contributed by atoms with Gasteiger partial charge in [-0.3, -0.25) is 4.79 Å². The lowest BCUT2D eigenvalue weighted by atomic mass is 10.1. The third-order valence-corrected chi connectivity index (χ3v) is 4.19. The zero-order valence-electron chi connectivity index (χ0n) is 11.0. The van der Waals surface area contributed by atoms with Crippen LogP contribution < -0.4 is 5.73 Å². The quantitative estimate of drug-likeness (QED) is 0.671. The first-order chi connectivity index (χ1) is 9.65. The first kappa shape index (κ1) is 13.0. The highest BCUT2D eigenvalue weighted by Gasteiger charge is 2.33. The SMILES string of the molecule is Nc1ccc(C(=O)N(Cc2ccsc2)C2CC2)cc1O. The summed E-state index contributed by atoms with van der Waals surface area (Å²) in [5.74, 6) is -0.0869. The highest BCUT2D eigenvalue weighted by molar-refractivity contribution is 7.07. The van der Waals surface area contributed by atoms with Crippen LogP contribution in [0.25, 0.3) is 0 Å². The largest absolute Gasteiger partial charge is 0.506 e. The Labute approximate surface area is 121 Å². The Kier molecular flexibility index (Phi) is 3.36. The van der Waals surface area contributed by atoms with Gasteiger partial charge in [0.05, 0.1) is 5.69 Å². The van der Waals surface area contributed by atoms with E-state index in [1.165, 1.54) is 6.07 Å². The van der Waals surface area contributed by atoms with Gasteiger partial charge < -0.3 is 15.7 Å². The molecule has 0 atom stereocenters. The Bertz CT molecular complexity index is 621. The first-order valence-electron chi connectivity index (χ1n) is 6.55. The fourth-order valence-corrected chi connectivity index (χ4v) is 2.83. The van der Waals surface area contributed by atoms with E-state index in [9.17, 15) is 9.90 Å². The molecule has 1 heterocycles. The summed E-state index contributed by atoms with van der Waals surface area (Å²) in [4.78, 5) is 14.5. The molecule has 1 aromatic heterocycles. The van der Waals surface area contributed by atoms with Crippen molar-refractivity contribution in [3.05, 3.63) is 46.2 Å². The Hall–Kier alpha value is -2.01. The number of anilines is 1. The molecule has 1 aliphatic rings. The number of phenolic OH excluding ortho intramolecular Hbond substituents is 1. The van der Waals surface area contributed by atoms with E-state index in [0.717, 1.165) is 18.4 Å². The number of benzene rings is 1. The lowest BCUT2D eigenvalue weighted by molar-refractivity contribution is 0.0730. The fourth-order valence-electron chi connectivity index (χ4n) is 2.17. The zero-order chi connectivity index (χ0) is 14.1. The van der Waals surface area contributed by atoms with E-state index in [1.54, 1.807) is 23.5 Å². The van der Waals surface area contributed by atoms with E-state index >= 15 is 0 Å². The third-order valence-electron chi connectivity index (χ3n) is 3.46. The highest BCUT2D eigenvalue weighted by Crippen LogP contribution is 2.31. The number of hydrogen-bond acceptors (Lipinski definition) is 4. The lowest BCUT2D eigenvalue weighted by Crippen LogP contribution is -2.32. The predicted molar refractivity (Wildman–Crippen MR) is 79.7 cm³/mol. The highest BCUT2D eigenvalue weighted by atomic mass is 32.1. The summed E-state index contributed by atoms with van der Waals surface area (Å²) in [5, 5.41) is 13.7. The molecule has 0 aliphatic heterocycles. The number of amides is 1. The Morgan fingerprint density at radius 3 is 2.80 bits per heavy atom. The number of carbonyl (C=O) groups excluding carboxylic acids is 1. The van der Waals surface area contributed by atoms with E-state index in [4.69, 9.17) is 5.73 Å². The molecule has 1 amide bonds. The van der Waals surface area contributed by atoms with Crippen LogP contribution in [0.5, 0.6) is 5.75 Å². The van der Waals surface area contributed by atoms with Gasteiger partial charge in [0.1, 0.15) is 5.75 Å². The molecule has 3 N–H and O–H groups in total. The van der Waals surface area contributed by atoms with Gasteiger partial charge in [-0.05, 0) is 53.4 Å². The normalized spacial score (nSPS) is 14.2. The van der Waals surface area contributed by atoms with Crippen molar-refractivity contribution in [3.8, 4) is 5.75 Å². The topological polar surface area (TPSA) is 66.6 Å². The standard InChI is InChI=1S/C15H16N2O2S/c16-13-4-1-11(7-14(13)18)15(19)17(12-2-3-12)8-10-5-6-20-9-10/h1,4-7,9,12,18H,2-3,8,16H2. The molecule has 0 radical (unpaired) electrons. The minimum Gasteiger partial charge on any atom is -0.506 e. The second kappa shape index (κ2) is 5.17. The predicted octanol–water partition coefficient (Wildman–Crippen LogP) is 2.84. The monoisotopic (exact) mass is 288 g/mol. The number of nitrogen functional groups attached to an aromatic ring is 1. The van der Waals surface area contributed by atoms with Crippen LogP contribution in [0.15, 0.2) is 35.0 Å². The Morgan fingerprint density at radius 2 is 2.20 bits per heavy atom. The number of thiophene rings is 1. The average Bonchev–Trinajstić information content (AvgIpc) is 3.15. The second-order valence-electron chi connectivity index (χ2n) is 5.07. The van der Waals surface area contributed by atoms with Crippen LogP contribution in [0.4, 0.5) is 5.69 Å². The number of phenols is 1. The van der Waals surface area contributed by atoms with Crippen molar-refractivity contribution in [2.75, 3.05) is 5.73 Å². The molecule has 20 heavy (non-hydrogen) atoms. The van der Waals surface area contributed by atoms with Crippen molar-refractivity contribution < 1.29 is 9.90 Å². The molecule has 0 saturated heterocycles. The molecule has 1 fully saturated rings. The van der Waals surface area contributed by atoms with Crippen LogP contribution in [-0.4, -0.2) is 22.0 Å². The van der Waals surface area contributed by atoms with Crippen LogP contribution >= 0.6 is 11.3 Å². The molecule has 2 aromatic rings. The summed E-state index contributed by atoms with van der Waals surface area (Å²) in [6, 6.07) is 7.04. The van der Waals surface area contributed by atoms with Crippen molar-refractivity contribution in [1.82, 2.24) is 4.90 Å². The van der Waals surface area contributed by atoms with E-state index in [1.807, 2.05) is 16.3 Å². The number of nitrogens with two attached hydrogens (primary N) is 1. The van der Waals surface area contributed by atoms with Crippen molar-refractivity contribution in [1.29, 1.82) is 0 Å². The van der Waals surface area contributed by atoms with Gasteiger partial charge in [-0.25, -0.2) is 0 Å². The number of nitrogens with zero attached hydrogens (tertiary/aromatic N) is 1. The maximum atomic E-state index is 12.6. The first-order valence-corrected chi connectivity index (χ1v) is 7.50. The smallest absolute Gasteiger partial charge is 0.254 e. The van der Waals surface area contributed by atoms with E-state index in [2.05, 4.69) is 5.38 Å². The molecular weight excluding hydrogens is 272 g/mol. The van der Waals surface area contributed by atoms with Crippen LogP contribution in [-0.2, 0) is 6.54 Å². The molecule has 4 nitrogen and oxygen atoms in total. The van der Waals surface area contributed by atoms with Crippen molar-refractivity contribution in [3.63, 3.8) is 0 Å². The van der Waals surface area contributed by atoms with Crippen molar-refractivity contribution in [2.45, 2.75) is 25.4 Å². The lowest BCUT2D eigenvalue weighted by Gasteiger charge is -2.22. The van der Waals surface area contributed by atoms with Gasteiger partial charge >= 0.3 is 0 Å². The Morgan fingerprint density at radius 1 is 1.40 bits per heavy atom. The summed E-state index contributed by atoms with van der Waals surface area (Å²) >= 11 is 1.63. The third kappa shape index (κ3) is 2.63. The molecule has 104 valence electrons. The van der Waals surface area contributed by atoms with Gasteiger partial charge in [0.15, 0.2) is 0 Å². The van der Waals surface area contributed by atoms with Gasteiger partial charge in [-0.15, -0.1) is 0 Å². The van der Waals surface area contributed by atoms with Crippen molar-refractivity contribution >= 4 is 22.9 Å². The second-order valence-corrected chi connectivity index (χ2v) is 5.85. The van der Waals surface area contributed by atoms with Crippen molar-refractivity contribution in [2.24, 2.45) is 0 Å². The summed E-state index contributed by atoms with van der Waals surface area (Å²) in [7, 11) is 0. The minimum absolute atomic E-state index is 0.0397. The molecular formula is C15H16N2O2S. The van der Waals surface area contributed by atoms with Crippen LogP contribution in [0, 0.1) is 0 Å². The number of hydrogen-bond donors (Lipinski definition) is 2. The van der Waals surface area contributed by atoms with Crippen LogP contribution in [0.1, 0.15) is 28.8 Å². The summed E-state index contributed by atoms with van der Waals surface area (Å²) in [5.41, 5.74) is 7.50. The number of rotatable bonds is 4. The summed E-state index contributed by atoms with van der Waals surface area (Å²) in [6.07, 6.45) is 2.10. The van der Waals surface area contributed by atoms with E-state index < -0.39 is 0 Å². The summed E-state index contributed by atoms with van der Waals surface area (Å²) < 4.78 is 0. The maximum Gasteiger partial charge on any atom is 0.254 e.